The third-order valence-electron chi connectivity index (χ3n) is 1.38. The van der Waals surface area contributed by atoms with Crippen molar-refractivity contribution in [2.75, 3.05) is 12.4 Å². The zero-order valence-electron chi connectivity index (χ0n) is 6.20. The van der Waals surface area contributed by atoms with Gasteiger partial charge in [-0.05, 0) is 24.3 Å². The van der Waals surface area contributed by atoms with E-state index in [4.69, 9.17) is 5.14 Å². The average molecular weight is 170 g/mol. The van der Waals surface area contributed by atoms with E-state index in [9.17, 15) is 4.55 Å². The molecule has 0 spiro atoms. The number of hydrogen-bond donors (Lipinski definition) is 2. The Morgan fingerprint density at radius 1 is 1.36 bits per heavy atom. The van der Waals surface area contributed by atoms with Crippen molar-refractivity contribution in [1.29, 1.82) is 0 Å². The van der Waals surface area contributed by atoms with Crippen LogP contribution in [0, 0.1) is 0 Å². The second kappa shape index (κ2) is 3.61. The second-order valence-corrected chi connectivity index (χ2v) is 3.14. The fraction of sp³-hybridized carbons (Fsp3) is 0.143. The Labute approximate surface area is 68.9 Å². The molecule has 0 aromatic heterocycles. The number of benzene rings is 1. The van der Waals surface area contributed by atoms with Gasteiger partial charge in [0.25, 0.3) is 0 Å². The summed E-state index contributed by atoms with van der Waals surface area (Å²) in [6, 6.07) is 7.14. The number of rotatable bonds is 2. The Bertz CT molecular complexity index is 222. The smallest absolute Gasteiger partial charge is 0.173 e. The van der Waals surface area contributed by atoms with Gasteiger partial charge in [0.1, 0.15) is 0 Å². The van der Waals surface area contributed by atoms with Gasteiger partial charge in [0, 0.05) is 12.7 Å². The van der Waals surface area contributed by atoms with Crippen molar-refractivity contribution in [3.63, 3.8) is 0 Å². The first-order valence-corrected chi connectivity index (χ1v) is 4.39. The summed E-state index contributed by atoms with van der Waals surface area (Å²) in [4.78, 5) is 0.643. The van der Waals surface area contributed by atoms with E-state index < -0.39 is 11.4 Å². The van der Waals surface area contributed by atoms with Crippen LogP contribution < -0.4 is 10.5 Å². The number of nitrogens with one attached hydrogen (secondary N) is 1. The lowest BCUT2D eigenvalue weighted by Crippen LogP contribution is -2.11. The molecule has 0 saturated carbocycles. The maximum Gasteiger partial charge on any atom is 0.173 e. The monoisotopic (exact) mass is 170 g/mol. The molecular formula is C7H10N2OS. The normalized spacial score (nSPS) is 12.6. The average Bonchev–Trinajstić information content (AvgIpc) is 2.05. The summed E-state index contributed by atoms with van der Waals surface area (Å²) in [6.07, 6.45) is 0. The van der Waals surface area contributed by atoms with Gasteiger partial charge < -0.3 is 9.87 Å². The molecule has 60 valence electrons. The maximum absolute atomic E-state index is 10.7. The molecule has 0 aliphatic rings. The van der Waals surface area contributed by atoms with Crippen LogP contribution in [0.1, 0.15) is 0 Å². The van der Waals surface area contributed by atoms with Crippen LogP contribution in [0.5, 0.6) is 0 Å². The van der Waals surface area contributed by atoms with Crippen molar-refractivity contribution < 1.29 is 4.55 Å². The van der Waals surface area contributed by atoms with Crippen LogP contribution in [-0.4, -0.2) is 11.6 Å². The Balaban J connectivity index is 2.83. The van der Waals surface area contributed by atoms with Gasteiger partial charge in [0.2, 0.25) is 0 Å². The van der Waals surface area contributed by atoms with E-state index in [2.05, 4.69) is 5.32 Å². The zero-order valence-corrected chi connectivity index (χ0v) is 7.02. The number of hydrogen-bond acceptors (Lipinski definition) is 3. The Kier molecular flexibility index (Phi) is 2.76. The van der Waals surface area contributed by atoms with E-state index >= 15 is 0 Å². The summed E-state index contributed by atoms with van der Waals surface area (Å²) in [5.74, 6) is 0. The highest BCUT2D eigenvalue weighted by Gasteiger charge is 2.02. The summed E-state index contributed by atoms with van der Waals surface area (Å²) in [5, 5.41) is 8.11. The molecule has 0 saturated heterocycles. The highest BCUT2D eigenvalue weighted by Crippen LogP contribution is 2.11. The molecule has 0 aliphatic carbocycles. The third kappa shape index (κ3) is 2.11. The molecule has 0 aliphatic heterocycles. The standard InChI is InChI=1S/C7H10N2OS/c1-9-6-2-4-7(5-3-6)11(8)10/h2-5,9H,8H2,1H3. The summed E-state index contributed by atoms with van der Waals surface area (Å²) in [6.45, 7) is 0. The van der Waals surface area contributed by atoms with Crippen molar-refractivity contribution in [3.8, 4) is 0 Å². The van der Waals surface area contributed by atoms with Crippen LogP contribution >= 0.6 is 0 Å². The van der Waals surface area contributed by atoms with Gasteiger partial charge in [-0.3, -0.25) is 0 Å². The lowest BCUT2D eigenvalue weighted by molar-refractivity contribution is 0.597. The first-order chi connectivity index (χ1) is 5.24. The number of nitrogens with two attached hydrogens (primary N) is 1. The molecule has 1 unspecified atom stereocenters. The molecule has 0 fully saturated rings. The van der Waals surface area contributed by atoms with Crippen LogP contribution in [0.25, 0.3) is 0 Å². The summed E-state index contributed by atoms with van der Waals surface area (Å²) < 4.78 is 10.7. The van der Waals surface area contributed by atoms with Crippen molar-refractivity contribution >= 4 is 17.0 Å². The predicted octanol–water partition coefficient (Wildman–Crippen LogP) is 0.710. The third-order valence-corrected chi connectivity index (χ3v) is 2.11. The van der Waals surface area contributed by atoms with Crippen molar-refractivity contribution in [2.45, 2.75) is 4.90 Å². The molecular weight excluding hydrogens is 160 g/mol. The fourth-order valence-electron chi connectivity index (χ4n) is 0.756. The summed E-state index contributed by atoms with van der Waals surface area (Å²) >= 11 is -1.37. The van der Waals surface area contributed by atoms with Crippen LogP contribution in [0.2, 0.25) is 0 Å². The van der Waals surface area contributed by atoms with Crippen LogP contribution in [-0.2, 0) is 11.4 Å². The SMILES string of the molecule is CNc1ccc([S+](N)[O-])cc1. The minimum atomic E-state index is -1.37. The van der Waals surface area contributed by atoms with Crippen molar-refractivity contribution in [2.24, 2.45) is 5.14 Å². The molecule has 3 nitrogen and oxygen atoms in total. The summed E-state index contributed by atoms with van der Waals surface area (Å²) in [7, 11) is 1.83. The first-order valence-electron chi connectivity index (χ1n) is 3.18. The van der Waals surface area contributed by atoms with Crippen molar-refractivity contribution in [1.82, 2.24) is 0 Å². The van der Waals surface area contributed by atoms with E-state index in [-0.39, 0.29) is 0 Å². The van der Waals surface area contributed by atoms with Crippen LogP contribution in [0.4, 0.5) is 5.69 Å². The molecule has 1 aromatic carbocycles. The molecule has 0 heterocycles. The molecule has 1 rings (SSSR count). The Morgan fingerprint density at radius 2 is 1.91 bits per heavy atom. The van der Waals surface area contributed by atoms with Gasteiger partial charge >= 0.3 is 0 Å². The molecule has 1 atom stereocenters. The molecule has 0 radical (unpaired) electrons. The molecule has 1 aromatic rings. The second-order valence-electron chi connectivity index (χ2n) is 2.07. The first kappa shape index (κ1) is 8.39. The topological polar surface area (TPSA) is 61.1 Å². The van der Waals surface area contributed by atoms with Gasteiger partial charge in [0.05, 0.1) is 11.4 Å². The highest BCUT2D eigenvalue weighted by atomic mass is 32.2. The largest absolute Gasteiger partial charge is 0.593 e. The highest BCUT2D eigenvalue weighted by molar-refractivity contribution is 7.89. The minimum absolute atomic E-state index is 0.643. The molecule has 0 bridgehead atoms. The fourth-order valence-corrected chi connectivity index (χ4v) is 1.16. The lowest BCUT2D eigenvalue weighted by Gasteiger charge is -2.03. The van der Waals surface area contributed by atoms with E-state index in [1.54, 1.807) is 12.1 Å². The maximum atomic E-state index is 10.7. The molecule has 3 N–H and O–H groups in total. The zero-order chi connectivity index (χ0) is 8.27. The van der Waals surface area contributed by atoms with Gasteiger partial charge in [-0.15, -0.1) is 5.14 Å². The molecule has 11 heavy (non-hydrogen) atoms. The van der Waals surface area contributed by atoms with Gasteiger partial charge in [-0.1, -0.05) is 0 Å². The number of anilines is 1. The molecule has 0 amide bonds. The van der Waals surface area contributed by atoms with E-state index in [0.29, 0.717) is 4.90 Å². The van der Waals surface area contributed by atoms with Gasteiger partial charge in [-0.25, -0.2) is 0 Å². The summed E-state index contributed by atoms with van der Waals surface area (Å²) in [5.41, 5.74) is 0.985. The Hall–Kier alpha value is -0.710. The molecule has 4 heteroatoms. The van der Waals surface area contributed by atoms with Crippen LogP contribution in [0.3, 0.4) is 0 Å². The lowest BCUT2D eigenvalue weighted by atomic mass is 10.3. The minimum Gasteiger partial charge on any atom is -0.593 e. The van der Waals surface area contributed by atoms with Crippen molar-refractivity contribution in [3.05, 3.63) is 24.3 Å². The van der Waals surface area contributed by atoms with Gasteiger partial charge in [-0.2, -0.15) is 0 Å². The predicted molar refractivity (Wildman–Crippen MR) is 46.6 cm³/mol. The quantitative estimate of drug-likeness (QED) is 0.642. The van der Waals surface area contributed by atoms with E-state index in [1.807, 2.05) is 19.2 Å². The van der Waals surface area contributed by atoms with Gasteiger partial charge in [0.15, 0.2) is 4.90 Å². The van der Waals surface area contributed by atoms with Crippen LogP contribution in [0.15, 0.2) is 29.2 Å². The van der Waals surface area contributed by atoms with E-state index in [0.717, 1.165) is 5.69 Å². The Morgan fingerprint density at radius 3 is 2.27 bits per heavy atom. The van der Waals surface area contributed by atoms with E-state index in [1.165, 1.54) is 0 Å².